The Bertz CT molecular complexity index is 207. The van der Waals surface area contributed by atoms with E-state index >= 15 is 0 Å². The highest BCUT2D eigenvalue weighted by atomic mass is 35.5. The molecule has 2 bridgehead atoms. The van der Waals surface area contributed by atoms with Crippen LogP contribution in [0.2, 0.25) is 0 Å². The lowest BCUT2D eigenvalue weighted by Crippen LogP contribution is -2.41. The molecule has 0 aromatic carbocycles. The second-order valence-electron chi connectivity index (χ2n) is 5.30. The number of nitrogens with one attached hydrogen (secondary N) is 1. The number of ether oxygens (including phenoxy) is 1. The number of fused-ring (bicyclic) bond motifs is 2. The molecule has 3 fully saturated rings. The standard InChI is InChI=1S/C12H22N2O.ClH/c1-2-12-7-13-5-3-11(1)14(12)8-10-4-6-15-9-10;/h10-13H,1-9H2;1H. The van der Waals surface area contributed by atoms with Gasteiger partial charge in [0.25, 0.3) is 0 Å². The third kappa shape index (κ3) is 2.53. The summed E-state index contributed by atoms with van der Waals surface area (Å²) in [7, 11) is 0. The van der Waals surface area contributed by atoms with Gasteiger partial charge in [-0.2, -0.15) is 0 Å². The predicted molar refractivity (Wildman–Crippen MR) is 67.2 cm³/mol. The quantitative estimate of drug-likeness (QED) is 0.794. The Hall–Kier alpha value is 0.170. The van der Waals surface area contributed by atoms with Crippen molar-refractivity contribution in [3.8, 4) is 0 Å². The molecule has 0 aliphatic carbocycles. The molecule has 3 heterocycles. The first-order valence-electron chi connectivity index (χ1n) is 6.47. The van der Waals surface area contributed by atoms with E-state index in [-0.39, 0.29) is 12.4 Å². The van der Waals surface area contributed by atoms with Crippen LogP contribution in [0.25, 0.3) is 0 Å². The molecule has 0 aromatic heterocycles. The summed E-state index contributed by atoms with van der Waals surface area (Å²) < 4.78 is 5.48. The van der Waals surface area contributed by atoms with Crippen molar-refractivity contribution in [1.29, 1.82) is 0 Å². The van der Waals surface area contributed by atoms with Crippen LogP contribution in [0.5, 0.6) is 0 Å². The van der Waals surface area contributed by atoms with Crippen molar-refractivity contribution >= 4 is 12.4 Å². The van der Waals surface area contributed by atoms with E-state index in [1.807, 2.05) is 0 Å². The lowest BCUT2D eigenvalue weighted by molar-refractivity contribution is 0.144. The monoisotopic (exact) mass is 246 g/mol. The molecule has 3 unspecified atom stereocenters. The average Bonchev–Trinajstić information content (AvgIpc) is 2.76. The van der Waals surface area contributed by atoms with Gasteiger partial charge in [-0.1, -0.05) is 0 Å². The predicted octanol–water partition coefficient (Wildman–Crippen LogP) is 1.27. The fourth-order valence-electron chi connectivity index (χ4n) is 3.40. The Labute approximate surface area is 104 Å². The van der Waals surface area contributed by atoms with E-state index in [1.54, 1.807) is 0 Å². The van der Waals surface area contributed by atoms with E-state index in [1.165, 1.54) is 45.3 Å². The largest absolute Gasteiger partial charge is 0.381 e. The molecule has 3 atom stereocenters. The van der Waals surface area contributed by atoms with Gasteiger partial charge in [0.05, 0.1) is 6.61 Å². The van der Waals surface area contributed by atoms with Crippen molar-refractivity contribution in [2.45, 2.75) is 37.8 Å². The molecule has 3 rings (SSSR count). The second kappa shape index (κ2) is 5.67. The Balaban J connectivity index is 0.000000963. The van der Waals surface area contributed by atoms with Gasteiger partial charge in [0.15, 0.2) is 0 Å². The lowest BCUT2D eigenvalue weighted by Gasteiger charge is -2.29. The summed E-state index contributed by atoms with van der Waals surface area (Å²) >= 11 is 0. The molecule has 3 nitrogen and oxygen atoms in total. The lowest BCUT2D eigenvalue weighted by atomic mass is 10.1. The Morgan fingerprint density at radius 1 is 1.12 bits per heavy atom. The first-order valence-corrected chi connectivity index (χ1v) is 6.47. The van der Waals surface area contributed by atoms with Gasteiger partial charge in [0, 0.05) is 31.8 Å². The van der Waals surface area contributed by atoms with Crippen LogP contribution in [-0.2, 0) is 4.74 Å². The first-order chi connectivity index (χ1) is 7.43. The Morgan fingerprint density at radius 3 is 2.81 bits per heavy atom. The zero-order chi connectivity index (χ0) is 10.1. The fraction of sp³-hybridized carbons (Fsp3) is 1.00. The SMILES string of the molecule is C1CC2CCC(CN1)N2CC1CCOC1.Cl. The topological polar surface area (TPSA) is 24.5 Å². The summed E-state index contributed by atoms with van der Waals surface area (Å²) in [5.41, 5.74) is 0. The first kappa shape index (κ1) is 12.6. The minimum absolute atomic E-state index is 0. The molecular weight excluding hydrogens is 224 g/mol. The molecule has 3 saturated heterocycles. The van der Waals surface area contributed by atoms with E-state index in [0.717, 1.165) is 31.2 Å². The average molecular weight is 247 g/mol. The van der Waals surface area contributed by atoms with Crippen LogP contribution in [0.1, 0.15) is 25.7 Å². The van der Waals surface area contributed by atoms with Gasteiger partial charge >= 0.3 is 0 Å². The number of halogens is 1. The summed E-state index contributed by atoms with van der Waals surface area (Å²) in [4.78, 5) is 2.78. The maximum Gasteiger partial charge on any atom is 0.0507 e. The van der Waals surface area contributed by atoms with Gasteiger partial charge in [0.1, 0.15) is 0 Å². The van der Waals surface area contributed by atoms with Crippen LogP contribution in [-0.4, -0.2) is 49.8 Å². The van der Waals surface area contributed by atoms with E-state index in [9.17, 15) is 0 Å². The van der Waals surface area contributed by atoms with Crippen molar-refractivity contribution < 1.29 is 4.74 Å². The number of hydrogen-bond donors (Lipinski definition) is 1. The molecule has 0 aromatic rings. The summed E-state index contributed by atoms with van der Waals surface area (Å²) in [6.45, 7) is 5.72. The molecule has 3 aliphatic rings. The Kier molecular flexibility index (Phi) is 4.48. The van der Waals surface area contributed by atoms with Gasteiger partial charge in [-0.25, -0.2) is 0 Å². The van der Waals surface area contributed by atoms with Gasteiger partial charge < -0.3 is 10.1 Å². The summed E-state index contributed by atoms with van der Waals surface area (Å²) in [5.74, 6) is 0.811. The molecule has 16 heavy (non-hydrogen) atoms. The third-order valence-electron chi connectivity index (χ3n) is 4.30. The highest BCUT2D eigenvalue weighted by Gasteiger charge is 2.36. The van der Waals surface area contributed by atoms with Crippen molar-refractivity contribution in [3.05, 3.63) is 0 Å². The van der Waals surface area contributed by atoms with Crippen LogP contribution >= 0.6 is 12.4 Å². The van der Waals surface area contributed by atoms with Crippen LogP contribution in [0.3, 0.4) is 0 Å². The second-order valence-corrected chi connectivity index (χ2v) is 5.30. The highest BCUT2D eigenvalue weighted by Crippen LogP contribution is 2.29. The summed E-state index contributed by atoms with van der Waals surface area (Å²) in [6.07, 6.45) is 5.47. The van der Waals surface area contributed by atoms with Crippen LogP contribution in [0, 0.1) is 5.92 Å². The maximum absolute atomic E-state index is 5.48. The summed E-state index contributed by atoms with van der Waals surface area (Å²) in [5, 5.41) is 3.56. The molecule has 4 heteroatoms. The molecular formula is C12H23ClN2O. The van der Waals surface area contributed by atoms with Crippen molar-refractivity contribution in [1.82, 2.24) is 10.2 Å². The van der Waals surface area contributed by atoms with Crippen LogP contribution in [0.4, 0.5) is 0 Å². The number of hydrogen-bond acceptors (Lipinski definition) is 3. The molecule has 0 radical (unpaired) electrons. The molecule has 1 N–H and O–H groups in total. The van der Waals surface area contributed by atoms with Crippen molar-refractivity contribution in [2.75, 3.05) is 32.8 Å². The van der Waals surface area contributed by atoms with Gasteiger partial charge in [-0.3, -0.25) is 4.90 Å². The maximum atomic E-state index is 5.48. The molecule has 0 saturated carbocycles. The fourth-order valence-corrected chi connectivity index (χ4v) is 3.40. The van der Waals surface area contributed by atoms with Crippen LogP contribution < -0.4 is 5.32 Å². The normalized spacial score (nSPS) is 39.4. The van der Waals surface area contributed by atoms with E-state index < -0.39 is 0 Å². The van der Waals surface area contributed by atoms with E-state index in [4.69, 9.17) is 4.74 Å². The summed E-state index contributed by atoms with van der Waals surface area (Å²) in [6, 6.07) is 1.68. The zero-order valence-electron chi connectivity index (χ0n) is 9.86. The van der Waals surface area contributed by atoms with E-state index in [0.29, 0.717) is 0 Å². The molecule has 3 aliphatic heterocycles. The van der Waals surface area contributed by atoms with E-state index in [2.05, 4.69) is 10.2 Å². The smallest absolute Gasteiger partial charge is 0.0507 e. The minimum Gasteiger partial charge on any atom is -0.381 e. The van der Waals surface area contributed by atoms with Crippen molar-refractivity contribution in [2.24, 2.45) is 5.92 Å². The van der Waals surface area contributed by atoms with Gasteiger partial charge in [-0.05, 0) is 38.1 Å². The minimum atomic E-state index is 0. The van der Waals surface area contributed by atoms with Gasteiger partial charge in [-0.15, -0.1) is 12.4 Å². The molecule has 0 spiro atoms. The van der Waals surface area contributed by atoms with Crippen LogP contribution in [0.15, 0.2) is 0 Å². The van der Waals surface area contributed by atoms with Gasteiger partial charge in [0.2, 0.25) is 0 Å². The molecule has 94 valence electrons. The number of rotatable bonds is 2. The Morgan fingerprint density at radius 2 is 2.00 bits per heavy atom. The highest BCUT2D eigenvalue weighted by molar-refractivity contribution is 5.85. The third-order valence-corrected chi connectivity index (χ3v) is 4.30. The number of nitrogens with zero attached hydrogens (tertiary/aromatic N) is 1. The zero-order valence-corrected chi connectivity index (χ0v) is 10.7. The molecule has 0 amide bonds. The van der Waals surface area contributed by atoms with Crippen molar-refractivity contribution in [3.63, 3.8) is 0 Å².